The number of phenols is 1. The number of hydrogen-bond acceptors (Lipinski definition) is 3. The van der Waals surface area contributed by atoms with E-state index in [-0.39, 0.29) is 23.5 Å². The van der Waals surface area contributed by atoms with Crippen LogP contribution in [-0.4, -0.2) is 22.5 Å². The predicted octanol–water partition coefficient (Wildman–Crippen LogP) is 5.86. The van der Waals surface area contributed by atoms with Crippen LogP contribution in [0.25, 0.3) is 10.8 Å². The molecule has 0 aliphatic carbocycles. The van der Waals surface area contributed by atoms with E-state index in [0.717, 1.165) is 24.9 Å². The third kappa shape index (κ3) is 5.50. The molecule has 0 spiro atoms. The van der Waals surface area contributed by atoms with Crippen LogP contribution in [0.5, 0.6) is 5.75 Å². The zero-order chi connectivity index (χ0) is 23.2. The van der Waals surface area contributed by atoms with E-state index >= 15 is 0 Å². The summed E-state index contributed by atoms with van der Waals surface area (Å²) in [4.78, 5) is 14.3. The van der Waals surface area contributed by atoms with Crippen molar-refractivity contribution in [1.29, 1.82) is 0 Å². The number of rotatable bonds is 4. The fraction of sp³-hybridized carbons (Fsp3) is 0.179. The lowest BCUT2D eigenvalue weighted by molar-refractivity contribution is -0.129. The standard InChI is InChI=1S/C22H20FNO.C6H7NO/c23-19-12-10-17(11-13-19)21(24-14-4-9-22(24)25)15-18-7-3-6-16-5-1-2-8-20(16)18;7-5-1-3-6(8)4-2-5/h1-3,5-8,10-13,21H,4,9,14-15H2;1-4,8H,7H2. The number of anilines is 1. The average molecular weight is 443 g/mol. The summed E-state index contributed by atoms with van der Waals surface area (Å²) in [5.41, 5.74) is 8.19. The highest BCUT2D eigenvalue weighted by Gasteiger charge is 2.29. The summed E-state index contributed by atoms with van der Waals surface area (Å²) in [6.45, 7) is 0.769. The number of carbonyl (C=O) groups is 1. The van der Waals surface area contributed by atoms with E-state index in [1.165, 1.54) is 28.5 Å². The monoisotopic (exact) mass is 442 g/mol. The number of nitrogens with zero attached hydrogens (tertiary/aromatic N) is 1. The van der Waals surface area contributed by atoms with Gasteiger partial charge in [-0.1, -0.05) is 54.6 Å². The summed E-state index contributed by atoms with van der Waals surface area (Å²) in [6.07, 6.45) is 2.23. The Balaban J connectivity index is 0.000000275. The first kappa shape index (κ1) is 22.3. The molecule has 1 unspecified atom stereocenters. The number of phenolic OH excluding ortho intramolecular Hbond substituents is 1. The van der Waals surface area contributed by atoms with Crippen molar-refractivity contribution >= 4 is 22.4 Å². The summed E-state index contributed by atoms with van der Waals surface area (Å²) in [7, 11) is 0. The average Bonchev–Trinajstić information content (AvgIpc) is 3.26. The fourth-order valence-electron chi connectivity index (χ4n) is 4.24. The SMILES string of the molecule is Nc1ccc(O)cc1.O=C1CCCN1C(Cc1cccc2ccccc12)c1ccc(F)cc1. The molecule has 0 aromatic heterocycles. The van der Waals surface area contributed by atoms with E-state index in [0.29, 0.717) is 12.1 Å². The van der Waals surface area contributed by atoms with Crippen molar-refractivity contribution in [2.24, 2.45) is 0 Å². The van der Waals surface area contributed by atoms with Crippen molar-refractivity contribution in [3.63, 3.8) is 0 Å². The van der Waals surface area contributed by atoms with Crippen LogP contribution < -0.4 is 5.73 Å². The maximum atomic E-state index is 13.4. The van der Waals surface area contributed by atoms with Gasteiger partial charge < -0.3 is 15.7 Å². The smallest absolute Gasteiger partial charge is 0.223 e. The van der Waals surface area contributed by atoms with Crippen molar-refractivity contribution in [2.45, 2.75) is 25.3 Å². The highest BCUT2D eigenvalue weighted by atomic mass is 19.1. The minimum atomic E-state index is -0.250. The second kappa shape index (κ2) is 10.2. The molecule has 3 N–H and O–H groups in total. The second-order valence-electron chi connectivity index (χ2n) is 8.19. The highest BCUT2D eigenvalue weighted by Crippen LogP contribution is 2.32. The third-order valence-corrected chi connectivity index (χ3v) is 5.93. The van der Waals surface area contributed by atoms with Gasteiger partial charge in [0, 0.05) is 18.7 Å². The molecular weight excluding hydrogens is 415 g/mol. The molecule has 0 bridgehead atoms. The van der Waals surface area contributed by atoms with Crippen LogP contribution in [0.1, 0.15) is 30.0 Å². The Morgan fingerprint density at radius 2 is 1.61 bits per heavy atom. The van der Waals surface area contributed by atoms with Gasteiger partial charge in [-0.15, -0.1) is 0 Å². The molecule has 0 saturated carbocycles. The zero-order valence-corrected chi connectivity index (χ0v) is 18.3. The number of fused-ring (bicyclic) bond motifs is 1. The van der Waals surface area contributed by atoms with Crippen LogP contribution in [0, 0.1) is 5.82 Å². The lowest BCUT2D eigenvalue weighted by Gasteiger charge is -2.29. The minimum absolute atomic E-state index is 0.0543. The van der Waals surface area contributed by atoms with E-state index in [9.17, 15) is 9.18 Å². The molecule has 1 fully saturated rings. The van der Waals surface area contributed by atoms with Crippen LogP contribution in [-0.2, 0) is 11.2 Å². The van der Waals surface area contributed by atoms with Gasteiger partial charge in [-0.3, -0.25) is 4.79 Å². The summed E-state index contributed by atoms with van der Waals surface area (Å²) in [5, 5.41) is 11.1. The van der Waals surface area contributed by atoms with Crippen molar-refractivity contribution in [1.82, 2.24) is 4.90 Å². The quantitative estimate of drug-likeness (QED) is 0.307. The molecule has 4 aromatic rings. The van der Waals surface area contributed by atoms with Gasteiger partial charge in [0.25, 0.3) is 0 Å². The maximum absolute atomic E-state index is 13.4. The Bertz CT molecular complexity index is 1200. The zero-order valence-electron chi connectivity index (χ0n) is 18.3. The van der Waals surface area contributed by atoms with Gasteiger partial charge in [-0.25, -0.2) is 4.39 Å². The van der Waals surface area contributed by atoms with Gasteiger partial charge in [0.05, 0.1) is 6.04 Å². The molecule has 5 heteroatoms. The number of amides is 1. The van der Waals surface area contributed by atoms with Crippen LogP contribution >= 0.6 is 0 Å². The van der Waals surface area contributed by atoms with E-state index in [1.807, 2.05) is 17.0 Å². The number of aromatic hydroxyl groups is 1. The van der Waals surface area contributed by atoms with Gasteiger partial charge in [0.1, 0.15) is 11.6 Å². The lowest BCUT2D eigenvalue weighted by Crippen LogP contribution is -2.31. The van der Waals surface area contributed by atoms with Crippen LogP contribution in [0.3, 0.4) is 0 Å². The molecule has 0 radical (unpaired) electrons. The Morgan fingerprint density at radius 3 is 2.27 bits per heavy atom. The molecule has 1 heterocycles. The van der Waals surface area contributed by atoms with E-state index in [4.69, 9.17) is 10.8 Å². The normalized spacial score (nSPS) is 14.1. The Morgan fingerprint density at radius 1 is 0.909 bits per heavy atom. The van der Waals surface area contributed by atoms with Crippen molar-refractivity contribution < 1.29 is 14.3 Å². The number of hydrogen-bond donors (Lipinski definition) is 2. The number of nitrogen functional groups attached to an aromatic ring is 1. The summed E-state index contributed by atoms with van der Waals surface area (Å²) >= 11 is 0. The van der Waals surface area contributed by atoms with Gasteiger partial charge in [-0.05, 0) is 71.1 Å². The molecule has 4 aromatic carbocycles. The molecule has 1 amide bonds. The van der Waals surface area contributed by atoms with E-state index in [2.05, 4.69) is 30.3 Å². The van der Waals surface area contributed by atoms with Gasteiger partial charge in [0.15, 0.2) is 0 Å². The second-order valence-corrected chi connectivity index (χ2v) is 8.19. The Hall–Kier alpha value is -3.86. The van der Waals surface area contributed by atoms with Crippen LogP contribution in [0.4, 0.5) is 10.1 Å². The topological polar surface area (TPSA) is 66.6 Å². The predicted molar refractivity (Wildman–Crippen MR) is 130 cm³/mol. The maximum Gasteiger partial charge on any atom is 0.223 e. The first-order chi connectivity index (χ1) is 16.0. The fourth-order valence-corrected chi connectivity index (χ4v) is 4.24. The number of halogens is 1. The summed E-state index contributed by atoms with van der Waals surface area (Å²) in [5.74, 6) is 0.189. The number of carbonyl (C=O) groups excluding carboxylic acids is 1. The van der Waals surface area contributed by atoms with E-state index < -0.39 is 0 Å². The van der Waals surface area contributed by atoms with Crippen LogP contribution in [0.15, 0.2) is 91.0 Å². The van der Waals surface area contributed by atoms with Gasteiger partial charge >= 0.3 is 0 Å². The van der Waals surface area contributed by atoms with Crippen LogP contribution in [0.2, 0.25) is 0 Å². The molecule has 33 heavy (non-hydrogen) atoms. The molecule has 1 saturated heterocycles. The molecule has 1 aliphatic rings. The van der Waals surface area contributed by atoms with Crippen molar-refractivity contribution in [3.05, 3.63) is 108 Å². The summed E-state index contributed by atoms with van der Waals surface area (Å²) in [6, 6.07) is 27.5. The third-order valence-electron chi connectivity index (χ3n) is 5.93. The van der Waals surface area contributed by atoms with E-state index in [1.54, 1.807) is 36.4 Å². The summed E-state index contributed by atoms with van der Waals surface area (Å²) < 4.78 is 13.4. The first-order valence-electron chi connectivity index (χ1n) is 11.1. The first-order valence-corrected chi connectivity index (χ1v) is 11.1. The highest BCUT2D eigenvalue weighted by molar-refractivity contribution is 5.86. The molecular formula is C28H27FN2O2. The molecule has 1 aliphatic heterocycles. The van der Waals surface area contributed by atoms with Crippen molar-refractivity contribution in [3.8, 4) is 5.75 Å². The Kier molecular flexibility index (Phi) is 6.89. The molecule has 5 rings (SSSR count). The largest absolute Gasteiger partial charge is 0.508 e. The van der Waals surface area contributed by atoms with Crippen molar-refractivity contribution in [2.75, 3.05) is 12.3 Å². The molecule has 4 nitrogen and oxygen atoms in total. The Labute approximate surface area is 193 Å². The molecule has 168 valence electrons. The minimum Gasteiger partial charge on any atom is -0.508 e. The lowest BCUT2D eigenvalue weighted by atomic mass is 9.94. The number of likely N-dealkylation sites (tertiary alicyclic amines) is 1. The van der Waals surface area contributed by atoms with Gasteiger partial charge in [0.2, 0.25) is 5.91 Å². The van der Waals surface area contributed by atoms with Gasteiger partial charge in [-0.2, -0.15) is 0 Å². The number of benzene rings is 4. The molecule has 1 atom stereocenters. The number of nitrogens with two attached hydrogens (primary N) is 1.